The van der Waals surface area contributed by atoms with Crippen molar-refractivity contribution in [3.63, 3.8) is 0 Å². The van der Waals surface area contributed by atoms with Crippen LogP contribution in [0, 0.1) is 45.3 Å². The quantitative estimate of drug-likeness (QED) is 0.355. The van der Waals surface area contributed by atoms with Gasteiger partial charge in [-0.2, -0.15) is 0 Å². The van der Waals surface area contributed by atoms with Crippen molar-refractivity contribution in [1.82, 2.24) is 0 Å². The fraction of sp³-hybridized carbons (Fsp3) is 0.833. The highest BCUT2D eigenvalue weighted by Crippen LogP contribution is 2.87. The topological polar surface area (TPSA) is 57.5 Å². The highest BCUT2D eigenvalue weighted by molar-refractivity contribution is 5.67. The molecule has 0 amide bonds. The third kappa shape index (κ3) is 3.58. The van der Waals surface area contributed by atoms with Crippen molar-refractivity contribution in [1.29, 1.82) is 0 Å². The van der Waals surface area contributed by atoms with Gasteiger partial charge in [-0.3, -0.25) is 4.79 Å². The van der Waals surface area contributed by atoms with E-state index in [0.29, 0.717) is 22.7 Å². The zero-order valence-electron chi connectivity index (χ0n) is 21.9. The molecule has 0 aliphatic heterocycles. The van der Waals surface area contributed by atoms with E-state index in [1.54, 1.807) is 0 Å². The Morgan fingerprint density at radius 3 is 2.48 bits per heavy atom. The fourth-order valence-corrected chi connectivity index (χ4v) is 10.1. The number of hydrogen-bond acceptors (Lipinski definition) is 2. The molecular weight excluding hydrogens is 408 g/mol. The highest BCUT2D eigenvalue weighted by atomic mass is 16.4. The summed E-state index contributed by atoms with van der Waals surface area (Å²) in [7, 11) is 0. The van der Waals surface area contributed by atoms with E-state index in [1.807, 2.05) is 0 Å². The Hall–Kier alpha value is -1.09. The van der Waals surface area contributed by atoms with Gasteiger partial charge in [-0.05, 0) is 129 Å². The zero-order valence-corrected chi connectivity index (χ0v) is 21.9. The summed E-state index contributed by atoms with van der Waals surface area (Å²) in [5.74, 6) is 1.85. The van der Waals surface area contributed by atoms with E-state index >= 15 is 0 Å². The van der Waals surface area contributed by atoms with Crippen LogP contribution in [0.15, 0.2) is 23.8 Å². The fourth-order valence-electron chi connectivity index (χ4n) is 10.1. The predicted molar refractivity (Wildman–Crippen MR) is 135 cm³/mol. The molecule has 4 saturated carbocycles. The van der Waals surface area contributed by atoms with Gasteiger partial charge in [0.1, 0.15) is 0 Å². The number of carbonyl (C=O) groups is 1. The minimum absolute atomic E-state index is 0.0422. The highest BCUT2D eigenvalue weighted by Gasteiger charge is 2.80. The van der Waals surface area contributed by atoms with Crippen molar-refractivity contribution < 1.29 is 15.0 Å². The zero-order chi connectivity index (χ0) is 24.2. The second-order valence-electron chi connectivity index (χ2n) is 13.2. The van der Waals surface area contributed by atoms with Crippen LogP contribution in [0.5, 0.6) is 0 Å². The van der Waals surface area contributed by atoms with Gasteiger partial charge in [-0.1, -0.05) is 39.0 Å². The molecule has 1 spiro atoms. The van der Waals surface area contributed by atoms with Gasteiger partial charge < -0.3 is 10.2 Å². The van der Waals surface area contributed by atoms with Gasteiger partial charge in [0, 0.05) is 6.42 Å². The lowest BCUT2D eigenvalue weighted by atomic mass is 9.43. The molecule has 4 aliphatic rings. The summed E-state index contributed by atoms with van der Waals surface area (Å²) in [5, 5.41) is 19.5. The Morgan fingerprint density at radius 2 is 1.85 bits per heavy atom. The molecule has 4 rings (SSSR count). The Kier molecular flexibility index (Phi) is 6.47. The molecule has 0 radical (unpaired) electrons. The molecule has 0 unspecified atom stereocenters. The largest absolute Gasteiger partial charge is 0.481 e. The number of hydrogen-bond donors (Lipinski definition) is 2. The molecule has 2 N–H and O–H groups in total. The van der Waals surface area contributed by atoms with E-state index in [1.165, 1.54) is 50.5 Å². The monoisotopic (exact) mass is 456 g/mol. The van der Waals surface area contributed by atoms with E-state index in [9.17, 15) is 15.0 Å². The van der Waals surface area contributed by atoms with Gasteiger partial charge >= 0.3 is 5.97 Å². The number of carboxylic acid groups (broad SMARTS) is 1. The van der Waals surface area contributed by atoms with Crippen LogP contribution in [0.25, 0.3) is 0 Å². The molecule has 0 aromatic carbocycles. The summed E-state index contributed by atoms with van der Waals surface area (Å²) in [4.78, 5) is 11.6. The SMILES string of the molecule is C=C(CO)[C@H]1CC[C@H]2[C@@]3(CC[C@@]4(C)[C@H]([C@@H](C)CCC=C(C)C)CC[C@]24C)C[C@@]13CCC(=O)O. The molecule has 0 aromatic heterocycles. The van der Waals surface area contributed by atoms with Crippen LogP contribution >= 0.6 is 0 Å². The number of fused-ring (bicyclic) bond motifs is 2. The second kappa shape index (κ2) is 8.54. The minimum Gasteiger partial charge on any atom is -0.481 e. The molecule has 186 valence electrons. The van der Waals surface area contributed by atoms with Gasteiger partial charge in [-0.15, -0.1) is 0 Å². The maximum absolute atomic E-state index is 11.6. The Bertz CT molecular complexity index is 824. The van der Waals surface area contributed by atoms with Crippen LogP contribution in [-0.2, 0) is 4.79 Å². The molecule has 33 heavy (non-hydrogen) atoms. The van der Waals surface area contributed by atoms with E-state index in [2.05, 4.69) is 47.3 Å². The third-order valence-corrected chi connectivity index (χ3v) is 11.9. The first-order valence-corrected chi connectivity index (χ1v) is 13.6. The van der Waals surface area contributed by atoms with Crippen LogP contribution in [0.3, 0.4) is 0 Å². The Labute approximate surface area is 202 Å². The predicted octanol–water partition coefficient (Wildman–Crippen LogP) is 7.40. The maximum Gasteiger partial charge on any atom is 0.303 e. The van der Waals surface area contributed by atoms with E-state index < -0.39 is 5.97 Å². The lowest BCUT2D eigenvalue weighted by Crippen LogP contribution is -2.54. The van der Waals surface area contributed by atoms with E-state index in [4.69, 9.17) is 0 Å². The Morgan fingerprint density at radius 1 is 1.12 bits per heavy atom. The van der Waals surface area contributed by atoms with Crippen molar-refractivity contribution in [2.75, 3.05) is 6.61 Å². The van der Waals surface area contributed by atoms with Crippen molar-refractivity contribution in [3.05, 3.63) is 23.8 Å². The maximum atomic E-state index is 11.6. The molecule has 4 fully saturated rings. The molecule has 4 aliphatic carbocycles. The van der Waals surface area contributed by atoms with Crippen LogP contribution in [-0.4, -0.2) is 22.8 Å². The molecule has 3 heteroatoms. The van der Waals surface area contributed by atoms with Gasteiger partial charge in [-0.25, -0.2) is 0 Å². The van der Waals surface area contributed by atoms with E-state index in [0.717, 1.165) is 36.7 Å². The van der Waals surface area contributed by atoms with Gasteiger partial charge in [0.15, 0.2) is 0 Å². The summed E-state index contributed by atoms with van der Waals surface area (Å²) in [6.07, 6.45) is 14.6. The van der Waals surface area contributed by atoms with Crippen LogP contribution in [0.2, 0.25) is 0 Å². The molecular formula is C30H48O3. The van der Waals surface area contributed by atoms with Gasteiger partial charge in [0.05, 0.1) is 6.61 Å². The lowest BCUT2D eigenvalue weighted by molar-refractivity contribution is -0.139. The van der Waals surface area contributed by atoms with Crippen molar-refractivity contribution >= 4 is 5.97 Å². The first-order chi connectivity index (χ1) is 15.5. The van der Waals surface area contributed by atoms with E-state index in [-0.39, 0.29) is 23.9 Å². The van der Waals surface area contributed by atoms with Gasteiger partial charge in [0.2, 0.25) is 0 Å². The number of aliphatic hydroxyl groups excluding tert-OH is 1. The number of carboxylic acids is 1. The molecule has 0 saturated heterocycles. The summed E-state index contributed by atoms with van der Waals surface area (Å²) < 4.78 is 0. The number of aliphatic hydroxyl groups is 1. The molecule has 0 aromatic rings. The molecule has 8 atom stereocenters. The van der Waals surface area contributed by atoms with Crippen LogP contribution in [0.1, 0.15) is 105 Å². The second-order valence-corrected chi connectivity index (χ2v) is 13.2. The Balaban J connectivity index is 1.61. The third-order valence-electron chi connectivity index (χ3n) is 11.9. The smallest absolute Gasteiger partial charge is 0.303 e. The average molecular weight is 457 g/mol. The lowest BCUT2D eigenvalue weighted by Gasteiger charge is -2.61. The van der Waals surface area contributed by atoms with Crippen molar-refractivity contribution in [2.45, 2.75) is 105 Å². The standard InChI is InChI=1S/C30H48O3/c1-20(2)8-7-9-21(3)23-12-14-28(6)25-11-10-24(22(4)18-31)29(15-13-26(32)33)19-30(25,29)17-16-27(23,28)5/h8,21,23-25,31H,4,7,9-19H2,1-3,5-6H3,(H,32,33)/t21-,23-,24+,25+,27-,28+,29-,30+/m0/s1. The first kappa shape index (κ1) is 25.0. The molecule has 3 nitrogen and oxygen atoms in total. The van der Waals surface area contributed by atoms with Crippen LogP contribution in [0.4, 0.5) is 0 Å². The molecule has 0 bridgehead atoms. The summed E-state index contributed by atoms with van der Waals surface area (Å²) in [5.41, 5.74) is 3.44. The normalized spacial score (nSPS) is 44.2. The van der Waals surface area contributed by atoms with Crippen molar-refractivity contribution in [2.24, 2.45) is 45.3 Å². The average Bonchev–Trinajstić information content (AvgIpc) is 3.35. The summed E-state index contributed by atoms with van der Waals surface area (Å²) in [6, 6.07) is 0. The van der Waals surface area contributed by atoms with Crippen molar-refractivity contribution in [3.8, 4) is 0 Å². The minimum atomic E-state index is -0.681. The molecule has 0 heterocycles. The summed E-state index contributed by atoms with van der Waals surface area (Å²) in [6.45, 7) is 16.4. The first-order valence-electron chi connectivity index (χ1n) is 13.6. The van der Waals surface area contributed by atoms with Gasteiger partial charge in [0.25, 0.3) is 0 Å². The number of rotatable bonds is 9. The van der Waals surface area contributed by atoms with Crippen LogP contribution < -0.4 is 0 Å². The number of allylic oxidation sites excluding steroid dienone is 2. The summed E-state index contributed by atoms with van der Waals surface area (Å²) >= 11 is 0. The number of aliphatic carboxylic acids is 1.